The van der Waals surface area contributed by atoms with Crippen molar-refractivity contribution in [1.82, 2.24) is 0 Å². The molecule has 0 saturated carbocycles. The van der Waals surface area contributed by atoms with Gasteiger partial charge in [0.1, 0.15) is 6.04 Å². The van der Waals surface area contributed by atoms with Crippen molar-refractivity contribution in [2.45, 2.75) is 40.6 Å². The number of hydrogen-bond acceptors (Lipinski definition) is 7. The van der Waals surface area contributed by atoms with Gasteiger partial charge in [-0.2, -0.15) is 13.2 Å². The van der Waals surface area contributed by atoms with Gasteiger partial charge < -0.3 is 9.64 Å². The first-order valence-electron chi connectivity index (χ1n) is 9.90. The standard InChI is InChI=1S/C21H22F3NO6S2/c1-3-31-20(26)18-12-16(13-25(18)14-7-6-8-15(11-14)32(2,27)28)33(29,30)19-10-5-4-9-17(19)21(22,23)24/h4-11,16,18H,3,12-13H2,1-2H3. The second-order valence-corrected chi connectivity index (χ2v) is 11.8. The summed E-state index contributed by atoms with van der Waals surface area (Å²) in [5, 5.41) is -1.35. The summed E-state index contributed by atoms with van der Waals surface area (Å²) in [4.78, 5) is 13.0. The molecule has 0 N–H and O–H groups in total. The number of carbonyl (C=O) groups excluding carboxylic acids is 1. The number of hydrogen-bond donors (Lipinski definition) is 0. The van der Waals surface area contributed by atoms with E-state index in [0.717, 1.165) is 18.4 Å². The van der Waals surface area contributed by atoms with Crippen molar-refractivity contribution < 1.29 is 39.5 Å². The van der Waals surface area contributed by atoms with Gasteiger partial charge in [-0.15, -0.1) is 0 Å². The van der Waals surface area contributed by atoms with E-state index in [2.05, 4.69) is 0 Å². The molecule has 1 heterocycles. The second-order valence-electron chi connectivity index (χ2n) is 7.59. The van der Waals surface area contributed by atoms with Crippen LogP contribution < -0.4 is 4.90 Å². The van der Waals surface area contributed by atoms with Crippen LogP contribution in [0.15, 0.2) is 58.3 Å². The van der Waals surface area contributed by atoms with Crippen LogP contribution >= 0.6 is 0 Å². The molecule has 2 aromatic carbocycles. The Morgan fingerprint density at radius 1 is 1.09 bits per heavy atom. The van der Waals surface area contributed by atoms with Crippen LogP contribution in [0.4, 0.5) is 18.9 Å². The lowest BCUT2D eigenvalue weighted by molar-refractivity contribution is -0.144. The first kappa shape index (κ1) is 25.0. The first-order chi connectivity index (χ1) is 15.3. The van der Waals surface area contributed by atoms with Gasteiger partial charge in [0.05, 0.1) is 27.2 Å². The lowest BCUT2D eigenvalue weighted by Gasteiger charge is -2.25. The Labute approximate surface area is 190 Å². The van der Waals surface area contributed by atoms with E-state index in [0.29, 0.717) is 6.07 Å². The van der Waals surface area contributed by atoms with Crippen LogP contribution in [0.5, 0.6) is 0 Å². The molecule has 0 radical (unpaired) electrons. The number of halogens is 3. The third kappa shape index (κ3) is 5.16. The minimum atomic E-state index is -4.88. The van der Waals surface area contributed by atoms with Crippen LogP contribution in [0.3, 0.4) is 0 Å². The van der Waals surface area contributed by atoms with Gasteiger partial charge in [0.25, 0.3) is 0 Å². The highest BCUT2D eigenvalue weighted by Gasteiger charge is 2.47. The van der Waals surface area contributed by atoms with Crippen LogP contribution in [-0.2, 0) is 35.4 Å². The molecule has 0 aliphatic carbocycles. The first-order valence-corrected chi connectivity index (χ1v) is 13.3. The Morgan fingerprint density at radius 3 is 2.36 bits per heavy atom. The Morgan fingerprint density at radius 2 is 1.76 bits per heavy atom. The molecular weight excluding hydrogens is 483 g/mol. The van der Waals surface area contributed by atoms with Crippen molar-refractivity contribution in [1.29, 1.82) is 0 Å². The molecule has 0 aromatic heterocycles. The average molecular weight is 506 g/mol. The number of nitrogens with zero attached hydrogens (tertiary/aromatic N) is 1. The number of anilines is 1. The molecule has 0 bridgehead atoms. The predicted molar refractivity (Wildman–Crippen MR) is 114 cm³/mol. The van der Waals surface area contributed by atoms with Crippen molar-refractivity contribution in [3.05, 3.63) is 54.1 Å². The number of carbonyl (C=O) groups is 1. The SMILES string of the molecule is CCOC(=O)C1CC(S(=O)(=O)c2ccccc2C(F)(F)F)CN1c1cccc(S(C)(=O)=O)c1. The molecule has 2 unspecified atom stereocenters. The van der Waals surface area contributed by atoms with Gasteiger partial charge in [0, 0.05) is 18.5 Å². The van der Waals surface area contributed by atoms with Gasteiger partial charge in [0.2, 0.25) is 0 Å². The Hall–Kier alpha value is -2.60. The topological polar surface area (TPSA) is 97.8 Å². The highest BCUT2D eigenvalue weighted by molar-refractivity contribution is 7.92. The van der Waals surface area contributed by atoms with E-state index in [1.807, 2.05) is 0 Å². The summed E-state index contributed by atoms with van der Waals surface area (Å²) in [6, 6.07) is 8.35. The van der Waals surface area contributed by atoms with E-state index in [-0.39, 0.29) is 30.2 Å². The van der Waals surface area contributed by atoms with Gasteiger partial charge in [-0.05, 0) is 43.7 Å². The number of ether oxygens (including phenoxy) is 1. The normalized spacial score (nSPS) is 19.5. The van der Waals surface area contributed by atoms with Crippen molar-refractivity contribution in [3.8, 4) is 0 Å². The largest absolute Gasteiger partial charge is 0.464 e. The number of benzene rings is 2. The number of rotatable bonds is 6. The molecule has 12 heteroatoms. The van der Waals surface area contributed by atoms with E-state index in [1.54, 1.807) is 6.92 Å². The maximum atomic E-state index is 13.5. The van der Waals surface area contributed by atoms with E-state index >= 15 is 0 Å². The Kier molecular flexibility index (Phi) is 6.81. The summed E-state index contributed by atoms with van der Waals surface area (Å²) in [5.74, 6) is -0.746. The smallest absolute Gasteiger partial charge is 0.417 e. The van der Waals surface area contributed by atoms with Gasteiger partial charge in [-0.25, -0.2) is 21.6 Å². The Balaban J connectivity index is 2.06. The van der Waals surface area contributed by atoms with Crippen LogP contribution in [0.2, 0.25) is 0 Å². The van der Waals surface area contributed by atoms with E-state index in [4.69, 9.17) is 4.74 Å². The number of alkyl halides is 3. The molecule has 2 aromatic rings. The van der Waals surface area contributed by atoms with Crippen LogP contribution in [0.1, 0.15) is 18.9 Å². The highest BCUT2D eigenvalue weighted by atomic mass is 32.2. The summed E-state index contributed by atoms with van der Waals surface area (Å²) in [6.45, 7) is 1.27. The van der Waals surface area contributed by atoms with E-state index < -0.39 is 53.6 Å². The summed E-state index contributed by atoms with van der Waals surface area (Å²) >= 11 is 0. The molecule has 0 amide bonds. The molecule has 2 atom stereocenters. The lowest BCUT2D eigenvalue weighted by atomic mass is 10.2. The zero-order valence-corrected chi connectivity index (χ0v) is 19.4. The molecule has 3 rings (SSSR count). The molecule has 1 saturated heterocycles. The van der Waals surface area contributed by atoms with Crippen LogP contribution in [-0.4, -0.2) is 53.5 Å². The zero-order valence-electron chi connectivity index (χ0n) is 17.7. The lowest BCUT2D eigenvalue weighted by Crippen LogP contribution is -2.37. The van der Waals surface area contributed by atoms with Crippen LogP contribution in [0, 0.1) is 0 Å². The summed E-state index contributed by atoms with van der Waals surface area (Å²) < 4.78 is 95.8. The highest BCUT2D eigenvalue weighted by Crippen LogP contribution is 2.38. The molecular formula is C21H22F3NO6S2. The van der Waals surface area contributed by atoms with Crippen molar-refractivity contribution in [3.63, 3.8) is 0 Å². The van der Waals surface area contributed by atoms with Crippen LogP contribution in [0.25, 0.3) is 0 Å². The van der Waals surface area contributed by atoms with Gasteiger partial charge in [-0.3, -0.25) is 0 Å². The van der Waals surface area contributed by atoms with E-state index in [1.165, 1.54) is 35.2 Å². The maximum Gasteiger partial charge on any atom is 0.417 e. The summed E-state index contributed by atoms with van der Waals surface area (Å²) in [6.07, 6.45) is -4.19. The fraction of sp³-hybridized carbons (Fsp3) is 0.381. The molecule has 0 spiro atoms. The van der Waals surface area contributed by atoms with E-state index in [9.17, 15) is 34.8 Å². The van der Waals surface area contributed by atoms with Gasteiger partial charge in [-0.1, -0.05) is 18.2 Å². The molecule has 1 aliphatic rings. The minimum Gasteiger partial charge on any atom is -0.464 e. The molecule has 7 nitrogen and oxygen atoms in total. The van der Waals surface area contributed by atoms with Crippen molar-refractivity contribution in [2.75, 3.05) is 24.3 Å². The van der Waals surface area contributed by atoms with Gasteiger partial charge >= 0.3 is 12.1 Å². The van der Waals surface area contributed by atoms with Crippen molar-refractivity contribution in [2.24, 2.45) is 0 Å². The monoisotopic (exact) mass is 505 g/mol. The third-order valence-corrected chi connectivity index (χ3v) is 8.64. The minimum absolute atomic E-state index is 0.0148. The second kappa shape index (κ2) is 8.98. The fourth-order valence-electron chi connectivity index (χ4n) is 3.79. The molecule has 1 aliphatic heterocycles. The average Bonchev–Trinajstić information content (AvgIpc) is 3.19. The summed E-state index contributed by atoms with van der Waals surface area (Å²) in [5.41, 5.74) is -1.03. The number of sulfone groups is 2. The quantitative estimate of drug-likeness (QED) is 0.557. The fourth-order valence-corrected chi connectivity index (χ4v) is 6.36. The molecule has 180 valence electrons. The third-order valence-electron chi connectivity index (χ3n) is 5.34. The number of esters is 1. The molecule has 33 heavy (non-hydrogen) atoms. The maximum absolute atomic E-state index is 13.5. The molecule has 1 fully saturated rings. The predicted octanol–water partition coefficient (Wildman–Crippen LogP) is 3.09. The van der Waals surface area contributed by atoms with Crippen molar-refractivity contribution >= 4 is 31.3 Å². The zero-order chi connectivity index (χ0) is 24.6. The Bertz CT molecular complexity index is 1260. The van der Waals surface area contributed by atoms with Gasteiger partial charge in [0.15, 0.2) is 19.7 Å². The summed E-state index contributed by atoms with van der Waals surface area (Å²) in [7, 11) is -8.10.